The van der Waals surface area contributed by atoms with Gasteiger partial charge >= 0.3 is 12.2 Å². The average molecular weight is 607 g/mol. The van der Waals surface area contributed by atoms with Crippen molar-refractivity contribution in [2.45, 2.75) is 58.3 Å². The second-order valence-corrected chi connectivity index (χ2v) is 11.9. The Balaban J connectivity index is 1.16. The van der Waals surface area contributed by atoms with Gasteiger partial charge in [-0.1, -0.05) is 66.2 Å². The summed E-state index contributed by atoms with van der Waals surface area (Å²) < 4.78 is 10.9. The molecule has 3 N–H and O–H groups in total. The van der Waals surface area contributed by atoms with Crippen LogP contribution in [0, 0.1) is 0 Å². The predicted octanol–water partition coefficient (Wildman–Crippen LogP) is 7.07. The molecule has 3 aromatic rings. The molecule has 10 heteroatoms. The molecule has 4 rings (SSSR count). The summed E-state index contributed by atoms with van der Waals surface area (Å²) in [7, 11) is 0. The predicted molar refractivity (Wildman–Crippen MR) is 169 cm³/mol. The SMILES string of the molecule is CC(C)(C)OC(=O)NCc1ccc(NC(=O)CCN2CCC(OC(=O)Nc3ccccc3-c3ccccc3)CC2)c(Cl)c1. The first kappa shape index (κ1) is 31.8. The molecule has 228 valence electrons. The van der Waals surface area contributed by atoms with E-state index in [2.05, 4.69) is 20.9 Å². The number of carbonyl (C=O) groups is 3. The Morgan fingerprint density at radius 1 is 0.884 bits per heavy atom. The number of hydrogen-bond donors (Lipinski definition) is 3. The van der Waals surface area contributed by atoms with Crippen LogP contribution in [0.15, 0.2) is 72.8 Å². The lowest BCUT2D eigenvalue weighted by atomic mass is 10.0. The number of likely N-dealkylation sites (tertiary alicyclic amines) is 1. The smallest absolute Gasteiger partial charge is 0.411 e. The van der Waals surface area contributed by atoms with Crippen LogP contribution in [-0.4, -0.2) is 54.3 Å². The fourth-order valence-electron chi connectivity index (χ4n) is 4.73. The standard InChI is InChI=1S/C33H39ClN4O5/c1-33(2,3)43-31(40)35-22-23-13-14-29(27(34)21-23)36-30(39)17-20-38-18-15-25(16-19-38)42-32(41)37-28-12-8-7-11-26(28)24-9-5-4-6-10-24/h4-14,21,25H,15-20,22H2,1-3H3,(H,35,40)(H,36,39)(H,37,41). The molecule has 1 heterocycles. The molecule has 0 aromatic heterocycles. The molecule has 1 fully saturated rings. The largest absolute Gasteiger partial charge is 0.446 e. The van der Waals surface area contributed by atoms with Crippen LogP contribution in [0.4, 0.5) is 21.0 Å². The molecule has 9 nitrogen and oxygen atoms in total. The van der Waals surface area contributed by atoms with E-state index in [1.165, 1.54) is 0 Å². The maximum absolute atomic E-state index is 12.7. The van der Waals surface area contributed by atoms with Gasteiger partial charge in [0.1, 0.15) is 11.7 Å². The number of nitrogens with one attached hydrogen (secondary N) is 3. The summed E-state index contributed by atoms with van der Waals surface area (Å²) in [6, 6.07) is 22.7. The van der Waals surface area contributed by atoms with E-state index < -0.39 is 17.8 Å². The average Bonchev–Trinajstić information content (AvgIpc) is 2.97. The maximum Gasteiger partial charge on any atom is 0.411 e. The number of halogens is 1. The van der Waals surface area contributed by atoms with Gasteiger partial charge in [0.25, 0.3) is 0 Å². The maximum atomic E-state index is 12.7. The van der Waals surface area contributed by atoms with Crippen molar-refractivity contribution in [1.29, 1.82) is 0 Å². The van der Waals surface area contributed by atoms with Crippen molar-refractivity contribution in [2.24, 2.45) is 0 Å². The zero-order valence-electron chi connectivity index (χ0n) is 24.8. The highest BCUT2D eigenvalue weighted by atomic mass is 35.5. The summed E-state index contributed by atoms with van der Waals surface area (Å²) in [5.74, 6) is -0.142. The Kier molecular flexibility index (Phi) is 11.0. The van der Waals surface area contributed by atoms with Gasteiger partial charge in [-0.15, -0.1) is 0 Å². The summed E-state index contributed by atoms with van der Waals surface area (Å²) >= 11 is 6.38. The summed E-state index contributed by atoms with van der Waals surface area (Å²) in [5.41, 5.74) is 3.37. The van der Waals surface area contributed by atoms with Crippen LogP contribution in [-0.2, 0) is 20.8 Å². The van der Waals surface area contributed by atoms with Crippen LogP contribution < -0.4 is 16.0 Å². The minimum absolute atomic E-state index is 0.142. The highest BCUT2D eigenvalue weighted by Crippen LogP contribution is 2.28. The molecule has 0 saturated carbocycles. The number of para-hydroxylation sites is 1. The van der Waals surface area contributed by atoms with Crippen molar-refractivity contribution in [3.63, 3.8) is 0 Å². The van der Waals surface area contributed by atoms with E-state index in [0.29, 0.717) is 42.2 Å². The fourth-order valence-corrected chi connectivity index (χ4v) is 4.98. The zero-order valence-corrected chi connectivity index (χ0v) is 25.6. The molecule has 0 unspecified atom stereocenters. The lowest BCUT2D eigenvalue weighted by Crippen LogP contribution is -2.39. The second-order valence-electron chi connectivity index (χ2n) is 11.5. The number of anilines is 2. The van der Waals surface area contributed by atoms with Gasteiger partial charge < -0.3 is 25.0 Å². The topological polar surface area (TPSA) is 109 Å². The van der Waals surface area contributed by atoms with Crippen LogP contribution in [0.2, 0.25) is 5.02 Å². The van der Waals surface area contributed by atoms with Crippen LogP contribution >= 0.6 is 11.6 Å². The minimum Gasteiger partial charge on any atom is -0.446 e. The fraction of sp³-hybridized carbons (Fsp3) is 0.364. The van der Waals surface area contributed by atoms with Crippen LogP contribution in [0.25, 0.3) is 11.1 Å². The summed E-state index contributed by atoms with van der Waals surface area (Å²) in [6.45, 7) is 7.69. The normalized spacial score (nSPS) is 14.0. The highest BCUT2D eigenvalue weighted by Gasteiger charge is 2.23. The molecule has 1 aliphatic heterocycles. The summed E-state index contributed by atoms with van der Waals surface area (Å²) in [6.07, 6.45) is 0.533. The number of nitrogens with zero attached hydrogens (tertiary/aromatic N) is 1. The van der Waals surface area contributed by atoms with Crippen molar-refractivity contribution in [3.05, 3.63) is 83.4 Å². The van der Waals surface area contributed by atoms with Gasteiger partial charge in [-0.3, -0.25) is 10.1 Å². The number of ether oxygens (including phenoxy) is 2. The molecule has 0 aliphatic carbocycles. The first-order chi connectivity index (χ1) is 20.6. The van der Waals surface area contributed by atoms with Gasteiger partial charge in [0.05, 0.1) is 16.4 Å². The molecule has 43 heavy (non-hydrogen) atoms. The number of rotatable bonds is 9. The quantitative estimate of drug-likeness (QED) is 0.240. The first-order valence-electron chi connectivity index (χ1n) is 14.5. The highest BCUT2D eigenvalue weighted by molar-refractivity contribution is 6.33. The van der Waals surface area contributed by atoms with Gasteiger partial charge in [-0.25, -0.2) is 9.59 Å². The molecular weight excluding hydrogens is 568 g/mol. The van der Waals surface area contributed by atoms with Gasteiger partial charge in [0.2, 0.25) is 5.91 Å². The van der Waals surface area contributed by atoms with Crippen molar-refractivity contribution < 1.29 is 23.9 Å². The monoisotopic (exact) mass is 606 g/mol. The van der Waals surface area contributed by atoms with Crippen molar-refractivity contribution in [1.82, 2.24) is 10.2 Å². The second kappa shape index (κ2) is 14.9. The van der Waals surface area contributed by atoms with E-state index >= 15 is 0 Å². The molecular formula is C33H39ClN4O5. The Hall–Kier alpha value is -4.08. The minimum atomic E-state index is -0.577. The van der Waals surface area contributed by atoms with E-state index in [1.807, 2.05) is 54.6 Å². The van der Waals surface area contributed by atoms with Gasteiger partial charge in [-0.05, 0) is 62.9 Å². The Bertz CT molecular complexity index is 1400. The number of alkyl carbamates (subject to hydrolysis) is 1. The van der Waals surface area contributed by atoms with E-state index in [-0.39, 0.29) is 18.6 Å². The molecule has 0 radical (unpaired) electrons. The Morgan fingerprint density at radius 3 is 2.28 bits per heavy atom. The third kappa shape index (κ3) is 10.3. The molecule has 1 aliphatic rings. The Morgan fingerprint density at radius 2 is 1.58 bits per heavy atom. The van der Waals surface area contributed by atoms with Crippen molar-refractivity contribution >= 4 is 41.1 Å². The van der Waals surface area contributed by atoms with Crippen LogP contribution in [0.3, 0.4) is 0 Å². The number of piperidine rings is 1. The van der Waals surface area contributed by atoms with E-state index in [9.17, 15) is 14.4 Å². The Labute approximate surface area is 257 Å². The zero-order chi connectivity index (χ0) is 30.8. The lowest BCUT2D eigenvalue weighted by Gasteiger charge is -2.31. The number of amides is 3. The van der Waals surface area contributed by atoms with E-state index in [0.717, 1.165) is 29.8 Å². The van der Waals surface area contributed by atoms with Crippen molar-refractivity contribution in [3.8, 4) is 11.1 Å². The summed E-state index contributed by atoms with van der Waals surface area (Å²) in [5, 5.41) is 8.83. The first-order valence-corrected chi connectivity index (χ1v) is 14.8. The van der Waals surface area contributed by atoms with Gasteiger partial charge in [0.15, 0.2) is 0 Å². The van der Waals surface area contributed by atoms with Gasteiger partial charge in [0, 0.05) is 38.2 Å². The number of hydrogen-bond acceptors (Lipinski definition) is 6. The lowest BCUT2D eigenvalue weighted by molar-refractivity contribution is -0.116. The molecule has 0 spiro atoms. The molecule has 0 atom stereocenters. The third-order valence-corrected chi connectivity index (χ3v) is 7.17. The van der Waals surface area contributed by atoms with E-state index in [4.69, 9.17) is 21.1 Å². The molecule has 3 aromatic carbocycles. The van der Waals surface area contributed by atoms with Gasteiger partial charge in [-0.2, -0.15) is 0 Å². The number of benzene rings is 3. The molecule has 0 bridgehead atoms. The van der Waals surface area contributed by atoms with Crippen LogP contribution in [0.5, 0.6) is 0 Å². The summed E-state index contributed by atoms with van der Waals surface area (Å²) in [4.78, 5) is 39.3. The van der Waals surface area contributed by atoms with Crippen LogP contribution in [0.1, 0.15) is 45.6 Å². The van der Waals surface area contributed by atoms with Crippen molar-refractivity contribution in [2.75, 3.05) is 30.3 Å². The number of carbonyl (C=O) groups excluding carboxylic acids is 3. The van der Waals surface area contributed by atoms with E-state index in [1.54, 1.807) is 39.0 Å². The molecule has 1 saturated heterocycles. The third-order valence-electron chi connectivity index (χ3n) is 6.86. The molecule has 3 amide bonds.